The number of amides is 1. The minimum atomic E-state index is -0.0563. The quantitative estimate of drug-likeness (QED) is 0.843. The maximum absolute atomic E-state index is 11.6. The van der Waals surface area contributed by atoms with Gasteiger partial charge in [-0.3, -0.25) is 14.8 Å². The Balaban J connectivity index is 1.95. The van der Waals surface area contributed by atoms with Crippen LogP contribution in [0.1, 0.15) is 5.56 Å². The van der Waals surface area contributed by atoms with Crippen molar-refractivity contribution in [3.8, 4) is 0 Å². The molecule has 0 spiro atoms. The van der Waals surface area contributed by atoms with Gasteiger partial charge in [-0.1, -0.05) is 0 Å². The lowest BCUT2D eigenvalue weighted by molar-refractivity contribution is -0.115. The molecule has 0 aliphatic carbocycles. The van der Waals surface area contributed by atoms with Gasteiger partial charge in [-0.05, 0) is 29.8 Å². The molecule has 2 heterocycles. The number of hydrogen-bond acceptors (Lipinski definition) is 3. The lowest BCUT2D eigenvalue weighted by atomic mass is 10.2. The summed E-state index contributed by atoms with van der Waals surface area (Å²) in [5, 5.41) is 2.77. The first kappa shape index (κ1) is 10.3. The smallest absolute Gasteiger partial charge is 0.228 e. The van der Waals surface area contributed by atoms with E-state index in [1.807, 2.05) is 12.1 Å². The molecule has 0 saturated heterocycles. The maximum Gasteiger partial charge on any atom is 0.228 e. The van der Waals surface area contributed by atoms with Gasteiger partial charge in [0.15, 0.2) is 0 Å². The van der Waals surface area contributed by atoms with Gasteiger partial charge < -0.3 is 5.32 Å². The third-order valence-electron chi connectivity index (χ3n) is 2.06. The number of pyridine rings is 2. The van der Waals surface area contributed by atoms with Crippen molar-refractivity contribution in [1.82, 2.24) is 9.97 Å². The fourth-order valence-corrected chi connectivity index (χ4v) is 1.33. The Morgan fingerprint density at radius 2 is 1.94 bits per heavy atom. The molecule has 0 fully saturated rings. The third-order valence-corrected chi connectivity index (χ3v) is 2.06. The van der Waals surface area contributed by atoms with Gasteiger partial charge in [0, 0.05) is 18.6 Å². The summed E-state index contributed by atoms with van der Waals surface area (Å²) in [5.41, 5.74) is 1.65. The Hall–Kier alpha value is -2.23. The molecule has 0 radical (unpaired) electrons. The first-order valence-electron chi connectivity index (χ1n) is 4.93. The minimum Gasteiger partial charge on any atom is -0.324 e. The van der Waals surface area contributed by atoms with Crippen molar-refractivity contribution in [3.63, 3.8) is 0 Å². The molecule has 0 atom stereocenters. The summed E-state index contributed by atoms with van der Waals surface area (Å²) in [4.78, 5) is 19.4. The van der Waals surface area contributed by atoms with Gasteiger partial charge in [-0.15, -0.1) is 0 Å². The van der Waals surface area contributed by atoms with E-state index in [0.717, 1.165) is 5.56 Å². The molecule has 2 aromatic rings. The van der Waals surface area contributed by atoms with E-state index < -0.39 is 0 Å². The van der Waals surface area contributed by atoms with Gasteiger partial charge >= 0.3 is 0 Å². The Kier molecular flexibility index (Phi) is 3.23. The standard InChI is InChI=1S/C12H11N3O/c16-12(8-10-3-6-13-7-4-10)15-11-2-1-5-14-9-11/h1-7,9H,8H2,(H,15,16). The van der Waals surface area contributed by atoms with E-state index in [2.05, 4.69) is 15.3 Å². The topological polar surface area (TPSA) is 54.9 Å². The lowest BCUT2D eigenvalue weighted by Crippen LogP contribution is -2.14. The molecule has 0 aliphatic rings. The Morgan fingerprint density at radius 3 is 2.62 bits per heavy atom. The van der Waals surface area contributed by atoms with E-state index in [1.54, 1.807) is 36.9 Å². The van der Waals surface area contributed by atoms with Crippen molar-refractivity contribution < 1.29 is 4.79 Å². The van der Waals surface area contributed by atoms with Crippen molar-refractivity contribution in [2.75, 3.05) is 5.32 Å². The van der Waals surface area contributed by atoms with Gasteiger partial charge in [0.25, 0.3) is 0 Å². The molecule has 0 aromatic carbocycles. The lowest BCUT2D eigenvalue weighted by Gasteiger charge is -2.03. The Labute approximate surface area is 93.4 Å². The highest BCUT2D eigenvalue weighted by atomic mass is 16.1. The van der Waals surface area contributed by atoms with Crippen LogP contribution < -0.4 is 5.32 Å². The highest BCUT2D eigenvalue weighted by Crippen LogP contribution is 2.04. The highest BCUT2D eigenvalue weighted by Gasteiger charge is 2.03. The van der Waals surface area contributed by atoms with Gasteiger partial charge in [0.05, 0.1) is 18.3 Å². The van der Waals surface area contributed by atoms with Crippen molar-refractivity contribution in [3.05, 3.63) is 54.6 Å². The van der Waals surface area contributed by atoms with Crippen LogP contribution >= 0.6 is 0 Å². The molecule has 1 N–H and O–H groups in total. The summed E-state index contributed by atoms with van der Waals surface area (Å²) in [6, 6.07) is 7.23. The average molecular weight is 213 g/mol. The molecule has 2 rings (SSSR count). The van der Waals surface area contributed by atoms with E-state index >= 15 is 0 Å². The van der Waals surface area contributed by atoms with Crippen LogP contribution in [0.2, 0.25) is 0 Å². The first-order valence-corrected chi connectivity index (χ1v) is 4.93. The summed E-state index contributed by atoms with van der Waals surface area (Å²) < 4.78 is 0. The van der Waals surface area contributed by atoms with Crippen LogP contribution in [0.15, 0.2) is 49.1 Å². The second kappa shape index (κ2) is 5.02. The van der Waals surface area contributed by atoms with Crippen LogP contribution in [0, 0.1) is 0 Å². The number of nitrogens with one attached hydrogen (secondary N) is 1. The molecule has 16 heavy (non-hydrogen) atoms. The summed E-state index contributed by atoms with van der Waals surface area (Å²) in [6.45, 7) is 0. The van der Waals surface area contributed by atoms with Crippen molar-refractivity contribution >= 4 is 11.6 Å². The van der Waals surface area contributed by atoms with Gasteiger partial charge in [0.1, 0.15) is 0 Å². The highest BCUT2D eigenvalue weighted by molar-refractivity contribution is 5.91. The number of rotatable bonds is 3. The van der Waals surface area contributed by atoms with Crippen LogP contribution in [0.3, 0.4) is 0 Å². The van der Waals surface area contributed by atoms with Crippen LogP contribution in [0.25, 0.3) is 0 Å². The number of carbonyl (C=O) groups is 1. The predicted molar refractivity (Wildman–Crippen MR) is 60.8 cm³/mol. The molecule has 1 amide bonds. The molecule has 0 unspecified atom stereocenters. The molecule has 80 valence electrons. The number of carbonyl (C=O) groups excluding carboxylic acids is 1. The zero-order valence-electron chi connectivity index (χ0n) is 8.63. The predicted octanol–water partition coefficient (Wildman–Crippen LogP) is 1.66. The summed E-state index contributed by atoms with van der Waals surface area (Å²) >= 11 is 0. The molecule has 0 aliphatic heterocycles. The second-order valence-corrected chi connectivity index (χ2v) is 3.32. The van der Waals surface area contributed by atoms with E-state index in [1.165, 1.54) is 0 Å². The zero-order valence-corrected chi connectivity index (χ0v) is 8.63. The first-order chi connectivity index (χ1) is 7.84. The normalized spacial score (nSPS) is 9.75. The van der Waals surface area contributed by atoms with Gasteiger partial charge in [-0.2, -0.15) is 0 Å². The van der Waals surface area contributed by atoms with E-state index in [9.17, 15) is 4.79 Å². The fraction of sp³-hybridized carbons (Fsp3) is 0.0833. The van der Waals surface area contributed by atoms with Gasteiger partial charge in [0.2, 0.25) is 5.91 Å². The molecule has 0 saturated carbocycles. The van der Waals surface area contributed by atoms with E-state index in [4.69, 9.17) is 0 Å². The molecule has 4 nitrogen and oxygen atoms in total. The largest absolute Gasteiger partial charge is 0.324 e. The minimum absolute atomic E-state index is 0.0563. The van der Waals surface area contributed by atoms with Crippen LogP contribution in [0.4, 0.5) is 5.69 Å². The zero-order chi connectivity index (χ0) is 11.2. The molecule has 0 bridgehead atoms. The number of nitrogens with zero attached hydrogens (tertiary/aromatic N) is 2. The Bertz CT molecular complexity index is 413. The second-order valence-electron chi connectivity index (χ2n) is 3.32. The summed E-state index contributed by atoms with van der Waals surface area (Å²) in [5.74, 6) is -0.0563. The fourth-order valence-electron chi connectivity index (χ4n) is 1.33. The SMILES string of the molecule is O=C(Cc1ccncc1)Nc1cccnc1. The van der Waals surface area contributed by atoms with Crippen LogP contribution in [0.5, 0.6) is 0 Å². The van der Waals surface area contributed by atoms with Crippen LogP contribution in [-0.2, 0) is 11.2 Å². The summed E-state index contributed by atoms with van der Waals surface area (Å²) in [6.07, 6.45) is 6.97. The Morgan fingerprint density at radius 1 is 1.12 bits per heavy atom. The maximum atomic E-state index is 11.6. The molecular formula is C12H11N3O. The monoisotopic (exact) mass is 213 g/mol. The van der Waals surface area contributed by atoms with Crippen molar-refractivity contribution in [2.45, 2.75) is 6.42 Å². The van der Waals surface area contributed by atoms with Gasteiger partial charge in [-0.25, -0.2) is 0 Å². The molecule has 2 aromatic heterocycles. The average Bonchev–Trinajstić information content (AvgIpc) is 2.31. The van der Waals surface area contributed by atoms with E-state index in [-0.39, 0.29) is 5.91 Å². The number of hydrogen-bond donors (Lipinski definition) is 1. The summed E-state index contributed by atoms with van der Waals surface area (Å²) in [7, 11) is 0. The van der Waals surface area contributed by atoms with Crippen molar-refractivity contribution in [2.24, 2.45) is 0 Å². The molecular weight excluding hydrogens is 202 g/mol. The number of anilines is 1. The van der Waals surface area contributed by atoms with E-state index in [0.29, 0.717) is 12.1 Å². The number of aromatic nitrogens is 2. The third kappa shape index (κ3) is 2.88. The van der Waals surface area contributed by atoms with Crippen molar-refractivity contribution in [1.29, 1.82) is 0 Å². The van der Waals surface area contributed by atoms with Crippen LogP contribution in [-0.4, -0.2) is 15.9 Å². The molecule has 4 heteroatoms.